The number of para-hydroxylation sites is 1. The molecule has 0 amide bonds. The Hall–Kier alpha value is -2.22. The van der Waals surface area contributed by atoms with Gasteiger partial charge in [0.2, 0.25) is 0 Å². The van der Waals surface area contributed by atoms with Gasteiger partial charge in [0.15, 0.2) is 0 Å². The van der Waals surface area contributed by atoms with Crippen LogP contribution in [0, 0.1) is 6.92 Å². The van der Waals surface area contributed by atoms with Crippen molar-refractivity contribution >= 4 is 38.9 Å². The van der Waals surface area contributed by atoms with Crippen molar-refractivity contribution < 1.29 is 8.42 Å². The molecule has 0 bridgehead atoms. The van der Waals surface area contributed by atoms with Gasteiger partial charge < -0.3 is 0 Å². The van der Waals surface area contributed by atoms with Gasteiger partial charge in [-0.2, -0.15) is 0 Å². The summed E-state index contributed by atoms with van der Waals surface area (Å²) >= 11 is 11.9. The van der Waals surface area contributed by atoms with Crippen molar-refractivity contribution in [3.8, 4) is 5.69 Å². The standard InChI is InChI=1S/C17H15Cl2N3O3S/c1-11-16(17(23)22(21(11)2)13-6-4-3-5-7-13)20-26(24,25)15-10-12(18)8-9-14(15)19/h3-10,20H,1-2H3. The van der Waals surface area contributed by atoms with E-state index in [4.69, 9.17) is 23.2 Å². The molecule has 1 aromatic heterocycles. The molecule has 0 radical (unpaired) electrons. The van der Waals surface area contributed by atoms with Crippen LogP contribution >= 0.6 is 23.2 Å². The van der Waals surface area contributed by atoms with E-state index in [0.717, 1.165) is 0 Å². The van der Waals surface area contributed by atoms with Gasteiger partial charge in [0.25, 0.3) is 15.6 Å². The van der Waals surface area contributed by atoms with Gasteiger partial charge >= 0.3 is 0 Å². The van der Waals surface area contributed by atoms with Crippen LogP contribution in [0.2, 0.25) is 10.0 Å². The average Bonchev–Trinajstić information content (AvgIpc) is 2.81. The predicted molar refractivity (Wildman–Crippen MR) is 103 cm³/mol. The number of aromatic nitrogens is 2. The summed E-state index contributed by atoms with van der Waals surface area (Å²) < 4.78 is 30.8. The molecule has 2 aromatic carbocycles. The highest BCUT2D eigenvalue weighted by molar-refractivity contribution is 7.92. The second kappa shape index (κ2) is 6.83. The number of nitrogens with zero attached hydrogens (tertiary/aromatic N) is 2. The van der Waals surface area contributed by atoms with Crippen molar-refractivity contribution in [1.82, 2.24) is 9.36 Å². The summed E-state index contributed by atoms with van der Waals surface area (Å²) in [6.07, 6.45) is 0. The molecule has 0 saturated carbocycles. The maximum atomic E-state index is 12.8. The first-order chi connectivity index (χ1) is 12.2. The lowest BCUT2D eigenvalue weighted by molar-refractivity contribution is 0.601. The van der Waals surface area contributed by atoms with Gasteiger partial charge in [0, 0.05) is 12.1 Å². The second-order valence-electron chi connectivity index (χ2n) is 5.62. The molecule has 6 nitrogen and oxygen atoms in total. The van der Waals surface area contributed by atoms with Crippen LogP contribution in [-0.4, -0.2) is 17.8 Å². The topological polar surface area (TPSA) is 73.1 Å². The average molecular weight is 412 g/mol. The third-order valence-electron chi connectivity index (χ3n) is 3.97. The molecule has 136 valence electrons. The zero-order valence-electron chi connectivity index (χ0n) is 13.9. The molecule has 0 fully saturated rings. The second-order valence-corrected chi connectivity index (χ2v) is 8.11. The molecule has 3 aromatic rings. The first-order valence-corrected chi connectivity index (χ1v) is 9.78. The number of sulfonamides is 1. The van der Waals surface area contributed by atoms with Gasteiger partial charge in [-0.15, -0.1) is 0 Å². The van der Waals surface area contributed by atoms with Crippen molar-refractivity contribution in [1.29, 1.82) is 0 Å². The third kappa shape index (κ3) is 3.25. The van der Waals surface area contributed by atoms with Gasteiger partial charge in [0.05, 0.1) is 16.4 Å². The normalized spacial score (nSPS) is 11.5. The summed E-state index contributed by atoms with van der Waals surface area (Å²) in [6, 6.07) is 13.0. The van der Waals surface area contributed by atoms with Crippen LogP contribution in [-0.2, 0) is 17.1 Å². The molecule has 3 rings (SSSR count). The van der Waals surface area contributed by atoms with Crippen LogP contribution in [0.25, 0.3) is 5.69 Å². The quantitative estimate of drug-likeness (QED) is 0.712. The third-order valence-corrected chi connectivity index (χ3v) is 6.04. The number of benzene rings is 2. The van der Waals surface area contributed by atoms with E-state index in [9.17, 15) is 13.2 Å². The fourth-order valence-corrected chi connectivity index (χ4v) is 4.44. The largest absolute Gasteiger partial charge is 0.296 e. The SMILES string of the molecule is Cc1c(NS(=O)(=O)c2cc(Cl)ccc2Cl)c(=O)n(-c2ccccc2)n1C. The van der Waals surface area contributed by atoms with E-state index in [1.54, 1.807) is 42.9 Å². The summed E-state index contributed by atoms with van der Waals surface area (Å²) in [5, 5.41) is 0.236. The number of anilines is 1. The Morgan fingerprint density at radius 1 is 1.04 bits per heavy atom. The maximum absolute atomic E-state index is 12.8. The van der Waals surface area contributed by atoms with Gasteiger partial charge in [-0.05, 0) is 37.3 Å². The zero-order valence-corrected chi connectivity index (χ0v) is 16.2. The van der Waals surface area contributed by atoms with E-state index >= 15 is 0 Å². The highest BCUT2D eigenvalue weighted by atomic mass is 35.5. The van der Waals surface area contributed by atoms with Crippen molar-refractivity contribution in [2.24, 2.45) is 7.05 Å². The molecule has 0 unspecified atom stereocenters. The first-order valence-electron chi connectivity index (χ1n) is 7.54. The number of hydrogen-bond acceptors (Lipinski definition) is 3. The number of rotatable bonds is 4. The highest BCUT2D eigenvalue weighted by Crippen LogP contribution is 2.27. The smallest absolute Gasteiger partial charge is 0.283 e. The van der Waals surface area contributed by atoms with E-state index in [2.05, 4.69) is 4.72 Å². The summed E-state index contributed by atoms with van der Waals surface area (Å²) in [5.74, 6) is 0. The van der Waals surface area contributed by atoms with Gasteiger partial charge in [-0.3, -0.25) is 14.2 Å². The number of hydrogen-bond donors (Lipinski definition) is 1. The molecule has 0 atom stereocenters. The van der Waals surface area contributed by atoms with E-state index in [1.807, 2.05) is 6.07 Å². The fraction of sp³-hybridized carbons (Fsp3) is 0.118. The molecular weight excluding hydrogens is 397 g/mol. The van der Waals surface area contributed by atoms with Crippen molar-refractivity contribution in [3.05, 3.63) is 74.6 Å². The molecule has 9 heteroatoms. The maximum Gasteiger partial charge on any atom is 0.296 e. The number of nitrogens with one attached hydrogen (secondary N) is 1. The van der Waals surface area contributed by atoms with Crippen LogP contribution in [0.1, 0.15) is 5.69 Å². The van der Waals surface area contributed by atoms with E-state index < -0.39 is 15.6 Å². The van der Waals surface area contributed by atoms with E-state index in [-0.39, 0.29) is 20.6 Å². The summed E-state index contributed by atoms with van der Waals surface area (Å²) in [5.41, 5.74) is 0.542. The minimum Gasteiger partial charge on any atom is -0.283 e. The molecule has 1 N–H and O–H groups in total. The summed E-state index contributed by atoms with van der Waals surface area (Å²) in [7, 11) is -2.42. The van der Waals surface area contributed by atoms with Crippen LogP contribution in [0.4, 0.5) is 5.69 Å². The Kier molecular flexibility index (Phi) is 4.88. The Labute approximate surface area is 160 Å². The van der Waals surface area contributed by atoms with Gasteiger partial charge in [0.1, 0.15) is 10.6 Å². The van der Waals surface area contributed by atoms with Gasteiger partial charge in [-0.1, -0.05) is 41.4 Å². The van der Waals surface area contributed by atoms with Crippen LogP contribution in [0.5, 0.6) is 0 Å². The van der Waals surface area contributed by atoms with Crippen LogP contribution in [0.3, 0.4) is 0 Å². The van der Waals surface area contributed by atoms with Crippen LogP contribution < -0.4 is 10.3 Å². The molecule has 1 heterocycles. The van der Waals surface area contributed by atoms with Crippen molar-refractivity contribution in [2.75, 3.05) is 4.72 Å². The molecule has 0 aliphatic carbocycles. The predicted octanol–water partition coefficient (Wildman–Crippen LogP) is 3.59. The van der Waals surface area contributed by atoms with E-state index in [0.29, 0.717) is 11.4 Å². The minimum absolute atomic E-state index is 0.0128. The first kappa shape index (κ1) is 18.6. The molecular formula is C17H15Cl2N3O3S. The summed E-state index contributed by atoms with van der Waals surface area (Å²) in [6.45, 7) is 1.65. The molecule has 26 heavy (non-hydrogen) atoms. The molecule has 0 aliphatic heterocycles. The fourth-order valence-electron chi connectivity index (χ4n) is 2.56. The Bertz CT molecular complexity index is 1140. The van der Waals surface area contributed by atoms with Crippen molar-refractivity contribution in [3.63, 3.8) is 0 Å². The lowest BCUT2D eigenvalue weighted by Gasteiger charge is -2.09. The Balaban J connectivity index is 2.12. The molecule has 0 saturated heterocycles. The Morgan fingerprint density at radius 2 is 1.69 bits per heavy atom. The van der Waals surface area contributed by atoms with Gasteiger partial charge in [-0.25, -0.2) is 13.1 Å². The monoisotopic (exact) mass is 411 g/mol. The van der Waals surface area contributed by atoms with Crippen LogP contribution in [0.15, 0.2) is 58.2 Å². The summed E-state index contributed by atoms with van der Waals surface area (Å²) in [4.78, 5) is 12.6. The lowest BCUT2D eigenvalue weighted by atomic mass is 10.3. The van der Waals surface area contributed by atoms with E-state index in [1.165, 1.54) is 22.9 Å². The van der Waals surface area contributed by atoms with Crippen molar-refractivity contribution in [2.45, 2.75) is 11.8 Å². The lowest BCUT2D eigenvalue weighted by Crippen LogP contribution is -2.23. The highest BCUT2D eigenvalue weighted by Gasteiger charge is 2.24. The molecule has 0 aliphatic rings. The number of halogens is 2. The zero-order chi connectivity index (χ0) is 19.1. The Morgan fingerprint density at radius 3 is 2.35 bits per heavy atom. The minimum atomic E-state index is -4.09. The molecule has 0 spiro atoms.